The molecule has 0 spiro atoms. The number of hydrogen-bond acceptors (Lipinski definition) is 8. The van der Waals surface area contributed by atoms with Gasteiger partial charge in [-0.1, -0.05) is 0 Å². The highest BCUT2D eigenvalue weighted by atomic mass is 19.4. The van der Waals surface area contributed by atoms with Gasteiger partial charge in [0.25, 0.3) is 5.56 Å². The minimum Gasteiger partial charge on any atom is -0.497 e. The van der Waals surface area contributed by atoms with Gasteiger partial charge in [0, 0.05) is 48.5 Å². The number of hydrogen-bond donors (Lipinski definition) is 1. The molecule has 192 valence electrons. The zero-order valence-electron chi connectivity index (χ0n) is 20.1. The number of nitrogens with one attached hydrogen (secondary N) is 1. The summed E-state index contributed by atoms with van der Waals surface area (Å²) in [6, 6.07) is 7.41. The monoisotopic (exact) mass is 514 g/mol. The SMILES string of the molecule is COC(=O)c1cc(-c2cnc(Nc3cc(C)cc(OC)c3)nc2-n2ccc(C(F)(F)F)n2)cn(C)c1=O. The lowest BCUT2D eigenvalue weighted by Gasteiger charge is -2.14. The molecule has 37 heavy (non-hydrogen) atoms. The van der Waals surface area contributed by atoms with Gasteiger partial charge in [-0.15, -0.1) is 0 Å². The fourth-order valence-electron chi connectivity index (χ4n) is 3.59. The van der Waals surface area contributed by atoms with Gasteiger partial charge in [-0.05, 0) is 36.8 Å². The summed E-state index contributed by atoms with van der Waals surface area (Å²) in [5.41, 5.74) is -0.0219. The quantitative estimate of drug-likeness (QED) is 0.386. The number of halogens is 3. The van der Waals surface area contributed by atoms with Crippen molar-refractivity contribution in [1.82, 2.24) is 24.3 Å². The van der Waals surface area contributed by atoms with Crippen LogP contribution in [0.3, 0.4) is 0 Å². The lowest BCUT2D eigenvalue weighted by atomic mass is 10.1. The summed E-state index contributed by atoms with van der Waals surface area (Å²) < 4.78 is 51.9. The van der Waals surface area contributed by atoms with E-state index in [1.165, 1.54) is 32.6 Å². The summed E-state index contributed by atoms with van der Waals surface area (Å²) in [5, 5.41) is 6.64. The Balaban J connectivity index is 1.88. The van der Waals surface area contributed by atoms with E-state index in [1.54, 1.807) is 6.07 Å². The highest BCUT2D eigenvalue weighted by molar-refractivity contribution is 5.90. The van der Waals surface area contributed by atoms with Crippen LogP contribution in [0.25, 0.3) is 16.9 Å². The zero-order valence-corrected chi connectivity index (χ0v) is 20.1. The van der Waals surface area contributed by atoms with E-state index in [4.69, 9.17) is 4.74 Å². The number of anilines is 2. The Morgan fingerprint density at radius 3 is 2.54 bits per heavy atom. The van der Waals surface area contributed by atoms with Crippen molar-refractivity contribution in [3.8, 4) is 22.7 Å². The van der Waals surface area contributed by atoms with Crippen LogP contribution in [0.4, 0.5) is 24.8 Å². The first-order chi connectivity index (χ1) is 17.5. The molecule has 0 atom stereocenters. The van der Waals surface area contributed by atoms with Crippen LogP contribution in [0.15, 0.2) is 53.7 Å². The van der Waals surface area contributed by atoms with Crippen molar-refractivity contribution in [2.24, 2.45) is 7.05 Å². The first-order valence-corrected chi connectivity index (χ1v) is 10.7. The molecule has 0 radical (unpaired) electrons. The number of carbonyl (C=O) groups is 1. The van der Waals surface area contributed by atoms with E-state index >= 15 is 0 Å². The highest BCUT2D eigenvalue weighted by Gasteiger charge is 2.34. The molecule has 0 unspecified atom stereocenters. The Morgan fingerprint density at radius 2 is 1.89 bits per heavy atom. The standard InChI is InChI=1S/C24H21F3N6O4/c1-13-7-15(10-16(8-13)36-3)29-23-28-11-18(14-9-17(22(35)37-4)21(34)32(2)12-14)20(30-23)33-6-5-19(31-33)24(25,26)27/h5-12H,1-4H3,(H,28,29,30). The van der Waals surface area contributed by atoms with Crippen molar-refractivity contribution in [2.75, 3.05) is 19.5 Å². The van der Waals surface area contributed by atoms with Crippen molar-refractivity contribution in [1.29, 1.82) is 0 Å². The maximum absolute atomic E-state index is 13.3. The minimum absolute atomic E-state index is 0.0258. The maximum atomic E-state index is 13.3. The summed E-state index contributed by atoms with van der Waals surface area (Å²) in [6.07, 6.45) is -0.805. The Labute approximate surface area is 208 Å². The number of nitrogens with zero attached hydrogens (tertiary/aromatic N) is 5. The first-order valence-electron chi connectivity index (χ1n) is 10.7. The summed E-state index contributed by atoms with van der Waals surface area (Å²) >= 11 is 0. The van der Waals surface area contributed by atoms with E-state index in [1.807, 2.05) is 19.1 Å². The normalized spacial score (nSPS) is 11.3. The fourth-order valence-corrected chi connectivity index (χ4v) is 3.59. The molecule has 13 heteroatoms. The topological polar surface area (TPSA) is 113 Å². The van der Waals surface area contributed by atoms with Gasteiger partial charge in [-0.2, -0.15) is 23.3 Å². The molecular weight excluding hydrogens is 493 g/mol. The van der Waals surface area contributed by atoms with Gasteiger partial charge >= 0.3 is 12.1 Å². The highest BCUT2D eigenvalue weighted by Crippen LogP contribution is 2.31. The number of ether oxygens (including phenoxy) is 2. The third kappa shape index (κ3) is 5.29. The average Bonchev–Trinajstić information content (AvgIpc) is 3.36. The molecule has 0 saturated heterocycles. The smallest absolute Gasteiger partial charge is 0.435 e. The van der Waals surface area contributed by atoms with Crippen molar-refractivity contribution < 1.29 is 27.4 Å². The lowest BCUT2D eigenvalue weighted by Crippen LogP contribution is -2.25. The Bertz CT molecular complexity index is 1540. The predicted molar refractivity (Wildman–Crippen MR) is 127 cm³/mol. The summed E-state index contributed by atoms with van der Waals surface area (Å²) in [6.45, 7) is 1.87. The molecule has 0 amide bonds. The molecule has 3 aromatic heterocycles. The van der Waals surface area contributed by atoms with Gasteiger partial charge < -0.3 is 19.4 Å². The van der Waals surface area contributed by atoms with E-state index in [2.05, 4.69) is 25.1 Å². The molecule has 0 bridgehead atoms. The summed E-state index contributed by atoms with van der Waals surface area (Å²) in [5.74, 6) is -0.243. The van der Waals surface area contributed by atoms with E-state index in [0.717, 1.165) is 34.2 Å². The van der Waals surface area contributed by atoms with Crippen molar-refractivity contribution in [3.05, 3.63) is 76.1 Å². The predicted octanol–water partition coefficient (Wildman–Crippen LogP) is 3.89. The van der Waals surface area contributed by atoms with Crippen molar-refractivity contribution in [3.63, 3.8) is 0 Å². The third-order valence-corrected chi connectivity index (χ3v) is 5.31. The van der Waals surface area contributed by atoms with E-state index in [-0.39, 0.29) is 28.5 Å². The van der Waals surface area contributed by atoms with Gasteiger partial charge in [0.2, 0.25) is 5.95 Å². The second-order valence-electron chi connectivity index (χ2n) is 7.99. The molecule has 4 aromatic rings. The van der Waals surface area contributed by atoms with Gasteiger partial charge in [0.15, 0.2) is 11.5 Å². The molecule has 10 nitrogen and oxygen atoms in total. The summed E-state index contributed by atoms with van der Waals surface area (Å²) in [7, 11) is 4.08. The Kier molecular flexibility index (Phi) is 6.70. The van der Waals surface area contributed by atoms with Crippen LogP contribution >= 0.6 is 0 Å². The Hall–Kier alpha value is -4.68. The molecular formula is C24H21F3N6O4. The number of aryl methyl sites for hydroxylation is 2. The van der Waals surface area contributed by atoms with Crippen LogP contribution in [0.2, 0.25) is 0 Å². The molecule has 0 aliphatic heterocycles. The summed E-state index contributed by atoms with van der Waals surface area (Å²) in [4.78, 5) is 33.3. The van der Waals surface area contributed by atoms with E-state index < -0.39 is 23.4 Å². The molecule has 0 fully saturated rings. The lowest BCUT2D eigenvalue weighted by molar-refractivity contribution is -0.141. The molecule has 1 aromatic carbocycles. The molecule has 3 heterocycles. The number of pyridine rings is 1. The first kappa shape index (κ1) is 25.4. The number of alkyl halides is 3. The van der Waals surface area contributed by atoms with Crippen molar-refractivity contribution in [2.45, 2.75) is 13.1 Å². The van der Waals surface area contributed by atoms with Crippen LogP contribution in [0.5, 0.6) is 5.75 Å². The number of methoxy groups -OCH3 is 2. The molecule has 0 aliphatic rings. The van der Waals surface area contributed by atoms with Gasteiger partial charge in [0.05, 0.1) is 14.2 Å². The van der Waals surface area contributed by atoms with E-state index in [9.17, 15) is 22.8 Å². The van der Waals surface area contributed by atoms with E-state index in [0.29, 0.717) is 11.4 Å². The van der Waals surface area contributed by atoms with Crippen LogP contribution in [0.1, 0.15) is 21.6 Å². The largest absolute Gasteiger partial charge is 0.497 e. The fraction of sp³-hybridized carbons (Fsp3) is 0.208. The number of carbonyl (C=O) groups excluding carboxylic acids is 1. The average molecular weight is 514 g/mol. The van der Waals surface area contributed by atoms with Gasteiger partial charge in [-0.25, -0.2) is 14.5 Å². The van der Waals surface area contributed by atoms with Gasteiger partial charge in [0.1, 0.15) is 11.3 Å². The van der Waals surface area contributed by atoms with Crippen LogP contribution in [-0.2, 0) is 18.0 Å². The second kappa shape index (κ2) is 9.76. The van der Waals surface area contributed by atoms with Crippen LogP contribution in [-0.4, -0.2) is 44.5 Å². The number of rotatable bonds is 6. The number of benzene rings is 1. The molecule has 1 N–H and O–H groups in total. The molecule has 0 aliphatic carbocycles. The number of aromatic nitrogens is 5. The Morgan fingerprint density at radius 1 is 1.14 bits per heavy atom. The maximum Gasteiger partial charge on any atom is 0.435 e. The van der Waals surface area contributed by atoms with Crippen molar-refractivity contribution >= 4 is 17.6 Å². The van der Waals surface area contributed by atoms with Crippen LogP contribution in [0, 0.1) is 6.92 Å². The minimum atomic E-state index is -4.67. The van der Waals surface area contributed by atoms with Crippen LogP contribution < -0.4 is 15.6 Å². The van der Waals surface area contributed by atoms with Gasteiger partial charge in [-0.3, -0.25) is 4.79 Å². The molecule has 0 saturated carbocycles. The zero-order chi connectivity index (χ0) is 26.9. The second-order valence-corrected chi connectivity index (χ2v) is 7.99. The number of esters is 1. The third-order valence-electron chi connectivity index (χ3n) is 5.31. The molecule has 4 rings (SSSR count).